The zero-order valence-corrected chi connectivity index (χ0v) is 12.6. The summed E-state index contributed by atoms with van der Waals surface area (Å²) >= 11 is 7.38. The lowest BCUT2D eigenvalue weighted by Crippen LogP contribution is -2.51. The Labute approximate surface area is 114 Å². The standard InChI is InChI=1S/C11H17BrN2S2/c1-14-3-5-15-7-10(14)9(13)6-11-8(12)2-4-16-11/h2,4,9-10H,3,5-7,13H2,1H3. The minimum Gasteiger partial charge on any atom is -0.326 e. The highest BCUT2D eigenvalue weighted by atomic mass is 79.9. The molecule has 0 bridgehead atoms. The molecule has 2 atom stereocenters. The van der Waals surface area contributed by atoms with E-state index in [9.17, 15) is 0 Å². The van der Waals surface area contributed by atoms with Gasteiger partial charge in [0.2, 0.25) is 0 Å². The molecule has 0 saturated carbocycles. The molecule has 0 aliphatic carbocycles. The van der Waals surface area contributed by atoms with Gasteiger partial charge in [-0.25, -0.2) is 0 Å². The predicted octanol–water partition coefficient (Wildman–Crippen LogP) is 2.43. The van der Waals surface area contributed by atoms with Gasteiger partial charge in [0.1, 0.15) is 0 Å². The van der Waals surface area contributed by atoms with Crippen LogP contribution in [0.15, 0.2) is 15.9 Å². The fourth-order valence-electron chi connectivity index (χ4n) is 1.98. The van der Waals surface area contributed by atoms with Crippen LogP contribution in [-0.2, 0) is 6.42 Å². The second-order valence-electron chi connectivity index (χ2n) is 4.18. The summed E-state index contributed by atoms with van der Waals surface area (Å²) < 4.78 is 1.21. The number of nitrogens with zero attached hydrogens (tertiary/aromatic N) is 1. The van der Waals surface area contributed by atoms with Gasteiger partial charge in [-0.05, 0) is 40.8 Å². The highest BCUT2D eigenvalue weighted by Gasteiger charge is 2.26. The van der Waals surface area contributed by atoms with E-state index < -0.39 is 0 Å². The van der Waals surface area contributed by atoms with Crippen molar-refractivity contribution in [3.8, 4) is 0 Å². The van der Waals surface area contributed by atoms with Crippen molar-refractivity contribution in [2.24, 2.45) is 5.73 Å². The smallest absolute Gasteiger partial charge is 0.0338 e. The maximum absolute atomic E-state index is 6.33. The van der Waals surface area contributed by atoms with Gasteiger partial charge in [-0.3, -0.25) is 0 Å². The molecule has 0 radical (unpaired) electrons. The van der Waals surface area contributed by atoms with E-state index in [1.54, 1.807) is 11.3 Å². The average molecular weight is 321 g/mol. The minimum absolute atomic E-state index is 0.243. The molecule has 0 spiro atoms. The van der Waals surface area contributed by atoms with Crippen molar-refractivity contribution in [2.75, 3.05) is 25.1 Å². The molecule has 0 amide bonds. The molecule has 2 rings (SSSR count). The molecule has 0 aromatic carbocycles. The van der Waals surface area contributed by atoms with Gasteiger partial charge in [-0.1, -0.05) is 0 Å². The van der Waals surface area contributed by atoms with E-state index >= 15 is 0 Å². The summed E-state index contributed by atoms with van der Waals surface area (Å²) in [6, 6.07) is 2.87. The first-order valence-corrected chi connectivity index (χ1v) is 8.26. The van der Waals surface area contributed by atoms with Crippen LogP contribution >= 0.6 is 39.0 Å². The molecule has 1 saturated heterocycles. The molecule has 1 aromatic rings. The predicted molar refractivity (Wildman–Crippen MR) is 77.4 cm³/mol. The van der Waals surface area contributed by atoms with Crippen molar-refractivity contribution < 1.29 is 0 Å². The molecule has 90 valence electrons. The lowest BCUT2D eigenvalue weighted by molar-refractivity contribution is 0.235. The van der Waals surface area contributed by atoms with Gasteiger partial charge < -0.3 is 10.6 Å². The van der Waals surface area contributed by atoms with Crippen molar-refractivity contribution in [3.05, 3.63) is 20.8 Å². The Kier molecular flexibility index (Phi) is 4.73. The Morgan fingerprint density at radius 2 is 2.50 bits per heavy atom. The van der Waals surface area contributed by atoms with E-state index in [0.717, 1.165) is 13.0 Å². The van der Waals surface area contributed by atoms with Crippen molar-refractivity contribution in [1.82, 2.24) is 4.90 Å². The molecule has 16 heavy (non-hydrogen) atoms. The van der Waals surface area contributed by atoms with Crippen LogP contribution in [0.3, 0.4) is 0 Å². The second-order valence-corrected chi connectivity index (χ2v) is 7.19. The van der Waals surface area contributed by atoms with Crippen LogP contribution in [0, 0.1) is 0 Å². The number of nitrogens with two attached hydrogens (primary N) is 1. The molecule has 2 unspecified atom stereocenters. The van der Waals surface area contributed by atoms with Gasteiger partial charge >= 0.3 is 0 Å². The minimum atomic E-state index is 0.243. The molecule has 2 N–H and O–H groups in total. The fraction of sp³-hybridized carbons (Fsp3) is 0.636. The first kappa shape index (κ1) is 12.9. The highest BCUT2D eigenvalue weighted by Crippen LogP contribution is 2.26. The Morgan fingerprint density at radius 1 is 1.69 bits per heavy atom. The van der Waals surface area contributed by atoms with Crippen LogP contribution in [0.4, 0.5) is 0 Å². The highest BCUT2D eigenvalue weighted by molar-refractivity contribution is 9.10. The van der Waals surface area contributed by atoms with E-state index in [1.165, 1.54) is 20.9 Å². The van der Waals surface area contributed by atoms with Crippen LogP contribution in [0.1, 0.15) is 4.88 Å². The number of thioether (sulfide) groups is 1. The number of rotatable bonds is 3. The lowest BCUT2D eigenvalue weighted by atomic mass is 10.1. The van der Waals surface area contributed by atoms with Gasteiger partial charge in [0.15, 0.2) is 0 Å². The van der Waals surface area contributed by atoms with Gasteiger partial charge in [0.25, 0.3) is 0 Å². The van der Waals surface area contributed by atoms with Crippen LogP contribution in [0.2, 0.25) is 0 Å². The van der Waals surface area contributed by atoms with Gasteiger partial charge in [-0.2, -0.15) is 11.8 Å². The lowest BCUT2D eigenvalue weighted by Gasteiger charge is -2.36. The molecule has 1 aromatic heterocycles. The molecule has 2 heterocycles. The first-order valence-electron chi connectivity index (χ1n) is 5.44. The van der Waals surface area contributed by atoms with Gasteiger partial charge in [0.05, 0.1) is 0 Å². The third kappa shape index (κ3) is 3.01. The number of hydrogen-bond donors (Lipinski definition) is 1. The van der Waals surface area contributed by atoms with Crippen molar-refractivity contribution >= 4 is 39.0 Å². The normalized spacial score (nSPS) is 24.6. The molecular formula is C11H17BrN2S2. The van der Waals surface area contributed by atoms with Crippen LogP contribution in [-0.4, -0.2) is 42.1 Å². The maximum atomic E-state index is 6.33. The Balaban J connectivity index is 1.96. The summed E-state index contributed by atoms with van der Waals surface area (Å²) in [6.45, 7) is 1.16. The third-order valence-electron chi connectivity index (χ3n) is 3.05. The maximum Gasteiger partial charge on any atom is 0.0338 e. The number of hydrogen-bond acceptors (Lipinski definition) is 4. The van der Waals surface area contributed by atoms with Crippen LogP contribution in [0.5, 0.6) is 0 Å². The second kappa shape index (κ2) is 5.87. The van der Waals surface area contributed by atoms with Crippen LogP contribution < -0.4 is 5.73 Å². The SMILES string of the molecule is CN1CCSCC1C(N)Cc1sccc1Br. The Hall–Kier alpha value is 0.450. The summed E-state index contributed by atoms with van der Waals surface area (Å²) in [4.78, 5) is 3.78. The fourth-order valence-corrected chi connectivity index (χ4v) is 4.89. The summed E-state index contributed by atoms with van der Waals surface area (Å²) in [7, 11) is 2.19. The monoisotopic (exact) mass is 320 g/mol. The Bertz CT molecular complexity index is 342. The van der Waals surface area contributed by atoms with E-state index in [1.807, 2.05) is 11.8 Å². The van der Waals surface area contributed by atoms with Crippen molar-refractivity contribution in [1.29, 1.82) is 0 Å². The molecule has 5 heteroatoms. The van der Waals surface area contributed by atoms with Crippen molar-refractivity contribution in [3.63, 3.8) is 0 Å². The zero-order valence-electron chi connectivity index (χ0n) is 9.36. The molecule has 1 fully saturated rings. The van der Waals surface area contributed by atoms with E-state index in [2.05, 4.69) is 39.3 Å². The van der Waals surface area contributed by atoms with E-state index in [4.69, 9.17) is 5.73 Å². The summed E-state index contributed by atoms with van der Waals surface area (Å²) in [5, 5.41) is 2.12. The van der Waals surface area contributed by atoms with Gasteiger partial charge in [-0.15, -0.1) is 11.3 Å². The summed E-state index contributed by atoms with van der Waals surface area (Å²) in [5.74, 6) is 2.41. The summed E-state index contributed by atoms with van der Waals surface area (Å²) in [6.07, 6.45) is 0.980. The molecule has 1 aliphatic rings. The number of likely N-dealkylation sites (N-methyl/N-ethyl adjacent to an activating group) is 1. The number of thiophene rings is 1. The van der Waals surface area contributed by atoms with E-state index in [0.29, 0.717) is 6.04 Å². The van der Waals surface area contributed by atoms with Crippen LogP contribution in [0.25, 0.3) is 0 Å². The third-order valence-corrected chi connectivity index (χ3v) is 6.05. The molecule has 1 aliphatic heterocycles. The first-order chi connectivity index (χ1) is 7.68. The quantitative estimate of drug-likeness (QED) is 0.927. The molecule has 2 nitrogen and oxygen atoms in total. The summed E-state index contributed by atoms with van der Waals surface area (Å²) in [5.41, 5.74) is 6.33. The largest absolute Gasteiger partial charge is 0.326 e. The Morgan fingerprint density at radius 3 is 3.12 bits per heavy atom. The topological polar surface area (TPSA) is 29.3 Å². The van der Waals surface area contributed by atoms with E-state index in [-0.39, 0.29) is 6.04 Å². The molecular weight excluding hydrogens is 304 g/mol. The average Bonchev–Trinajstić information content (AvgIpc) is 2.65. The zero-order chi connectivity index (χ0) is 11.5. The number of halogens is 1. The van der Waals surface area contributed by atoms with Gasteiger partial charge in [0, 0.05) is 39.5 Å². The van der Waals surface area contributed by atoms with Crippen molar-refractivity contribution in [2.45, 2.75) is 18.5 Å².